The number of benzene rings is 2. The molecule has 2 aliphatic rings. The highest BCUT2D eigenvalue weighted by atomic mass is 19.1. The number of aliphatic hydroxyl groups excluding tert-OH is 1. The summed E-state index contributed by atoms with van der Waals surface area (Å²) >= 11 is 0. The standard InChI is InChI=1S/C32H44F2N2O2/c1-31(2,3)24-11-10-12-25(20-24)32(14-7-5-8-15-32)35-22-29(37)28(36-16-9-4-6-13-30(36)38)19-23-17-26(33)21-27(34)18-23/h10-12,17-18,20-21,28-29,35,37H,4-9,13-16,19,22H2,1-3H3/t28-,29+/m0/s1. The molecular weight excluding hydrogens is 482 g/mol. The fraction of sp³-hybridized carbons (Fsp3) is 0.594. The van der Waals surface area contributed by atoms with Gasteiger partial charge < -0.3 is 15.3 Å². The van der Waals surface area contributed by atoms with Crippen molar-refractivity contribution in [2.24, 2.45) is 0 Å². The smallest absolute Gasteiger partial charge is 0.222 e. The molecule has 0 bridgehead atoms. The number of hydrogen-bond donors (Lipinski definition) is 2. The number of nitrogens with one attached hydrogen (secondary N) is 1. The van der Waals surface area contributed by atoms with Gasteiger partial charge in [-0.1, -0.05) is 70.7 Å². The number of aliphatic hydroxyl groups is 1. The molecule has 0 unspecified atom stereocenters. The van der Waals surface area contributed by atoms with Crippen molar-refractivity contribution < 1.29 is 18.7 Å². The van der Waals surface area contributed by atoms with Gasteiger partial charge in [-0.3, -0.25) is 4.79 Å². The lowest BCUT2D eigenvalue weighted by Gasteiger charge is -2.42. The summed E-state index contributed by atoms with van der Waals surface area (Å²) in [7, 11) is 0. The number of hydrogen-bond acceptors (Lipinski definition) is 3. The molecule has 2 aromatic rings. The van der Waals surface area contributed by atoms with E-state index < -0.39 is 23.8 Å². The Morgan fingerprint density at radius 2 is 1.66 bits per heavy atom. The Kier molecular flexibility index (Phi) is 9.25. The second kappa shape index (κ2) is 12.3. The van der Waals surface area contributed by atoms with Crippen LogP contribution in [0.5, 0.6) is 0 Å². The van der Waals surface area contributed by atoms with Gasteiger partial charge >= 0.3 is 0 Å². The lowest BCUT2D eigenvalue weighted by atomic mass is 9.74. The molecule has 0 radical (unpaired) electrons. The third kappa shape index (κ3) is 7.01. The van der Waals surface area contributed by atoms with Crippen molar-refractivity contribution in [3.8, 4) is 0 Å². The van der Waals surface area contributed by atoms with Crippen LogP contribution in [0.4, 0.5) is 8.78 Å². The number of carbonyl (C=O) groups is 1. The molecule has 4 nitrogen and oxygen atoms in total. The number of likely N-dealkylation sites (tertiary alicyclic amines) is 1. The van der Waals surface area contributed by atoms with Crippen LogP contribution in [0.3, 0.4) is 0 Å². The molecule has 0 aromatic heterocycles. The number of amides is 1. The third-order valence-corrected chi connectivity index (χ3v) is 8.46. The van der Waals surface area contributed by atoms with Crippen LogP contribution >= 0.6 is 0 Å². The summed E-state index contributed by atoms with van der Waals surface area (Å²) in [5.41, 5.74) is 2.76. The monoisotopic (exact) mass is 526 g/mol. The van der Waals surface area contributed by atoms with Crippen molar-refractivity contribution in [2.45, 2.75) is 108 Å². The lowest BCUT2D eigenvalue weighted by Crippen LogP contribution is -2.54. The molecule has 2 fully saturated rings. The maximum atomic E-state index is 14.0. The molecular formula is C32H44F2N2O2. The van der Waals surface area contributed by atoms with Gasteiger partial charge in [0.05, 0.1) is 12.1 Å². The quantitative estimate of drug-likeness (QED) is 0.419. The number of nitrogens with zero attached hydrogens (tertiary/aromatic N) is 1. The Morgan fingerprint density at radius 1 is 0.974 bits per heavy atom. The first-order valence-corrected chi connectivity index (χ1v) is 14.4. The van der Waals surface area contributed by atoms with Crippen molar-refractivity contribution in [1.29, 1.82) is 0 Å². The van der Waals surface area contributed by atoms with E-state index in [0.717, 1.165) is 51.0 Å². The molecule has 4 rings (SSSR count). The molecule has 6 heteroatoms. The summed E-state index contributed by atoms with van der Waals surface area (Å²) in [6.45, 7) is 7.50. The minimum absolute atomic E-state index is 0.00804. The van der Waals surface area contributed by atoms with E-state index in [1.54, 1.807) is 4.90 Å². The Hall–Kier alpha value is -2.31. The van der Waals surface area contributed by atoms with Crippen LogP contribution in [0.2, 0.25) is 0 Å². The van der Waals surface area contributed by atoms with Gasteiger partial charge in [-0.15, -0.1) is 0 Å². The molecule has 2 atom stereocenters. The van der Waals surface area contributed by atoms with Crippen molar-refractivity contribution in [3.63, 3.8) is 0 Å². The molecule has 1 aliphatic carbocycles. The lowest BCUT2D eigenvalue weighted by molar-refractivity contribution is -0.135. The highest BCUT2D eigenvalue weighted by Gasteiger charge is 2.37. The Bertz CT molecular complexity index is 1070. The van der Waals surface area contributed by atoms with Crippen LogP contribution in [0.1, 0.15) is 95.2 Å². The number of carbonyl (C=O) groups excluding carboxylic acids is 1. The number of rotatable bonds is 8. The fourth-order valence-corrected chi connectivity index (χ4v) is 6.22. The first kappa shape index (κ1) is 28.7. The molecule has 208 valence electrons. The van der Waals surface area contributed by atoms with Crippen molar-refractivity contribution in [3.05, 3.63) is 70.8 Å². The average molecular weight is 527 g/mol. The molecule has 2 aromatic carbocycles. The minimum Gasteiger partial charge on any atom is -0.390 e. The van der Waals surface area contributed by atoms with E-state index in [0.29, 0.717) is 25.1 Å². The normalized spacial score (nSPS) is 20.2. The Morgan fingerprint density at radius 3 is 2.34 bits per heavy atom. The van der Waals surface area contributed by atoms with Gasteiger partial charge in [0, 0.05) is 31.1 Å². The average Bonchev–Trinajstić information content (AvgIpc) is 3.09. The SMILES string of the molecule is CC(C)(C)c1cccc(C2(NC[C@@H](O)[C@H](Cc3cc(F)cc(F)c3)N3CCCCCC3=O)CCCCC2)c1. The van der Waals surface area contributed by atoms with Crippen LogP contribution < -0.4 is 5.32 Å². The second-order valence-electron chi connectivity index (χ2n) is 12.4. The summed E-state index contributed by atoms with van der Waals surface area (Å²) in [4.78, 5) is 14.8. The van der Waals surface area contributed by atoms with Gasteiger partial charge in [0.15, 0.2) is 0 Å². The van der Waals surface area contributed by atoms with Crippen molar-refractivity contribution >= 4 is 5.91 Å². The van der Waals surface area contributed by atoms with E-state index in [-0.39, 0.29) is 23.3 Å². The Balaban J connectivity index is 1.60. The summed E-state index contributed by atoms with van der Waals surface area (Å²) in [6.07, 6.45) is 7.80. The van der Waals surface area contributed by atoms with Crippen LogP contribution in [-0.2, 0) is 22.2 Å². The van der Waals surface area contributed by atoms with E-state index in [9.17, 15) is 18.7 Å². The number of halogens is 2. The molecule has 1 saturated carbocycles. The zero-order valence-electron chi connectivity index (χ0n) is 23.2. The van der Waals surface area contributed by atoms with Gasteiger partial charge in [0.25, 0.3) is 0 Å². The van der Waals surface area contributed by atoms with Gasteiger partial charge in [0.1, 0.15) is 11.6 Å². The molecule has 38 heavy (non-hydrogen) atoms. The van der Waals surface area contributed by atoms with E-state index in [1.807, 2.05) is 0 Å². The van der Waals surface area contributed by atoms with Crippen LogP contribution in [0, 0.1) is 11.6 Å². The van der Waals surface area contributed by atoms with E-state index >= 15 is 0 Å². The predicted molar refractivity (Wildman–Crippen MR) is 148 cm³/mol. The zero-order chi connectivity index (χ0) is 27.3. The highest BCUT2D eigenvalue weighted by Crippen LogP contribution is 2.39. The second-order valence-corrected chi connectivity index (χ2v) is 12.4. The summed E-state index contributed by atoms with van der Waals surface area (Å²) < 4.78 is 28.0. The molecule has 2 N–H and O–H groups in total. The van der Waals surface area contributed by atoms with Gasteiger partial charge in [-0.25, -0.2) is 8.78 Å². The summed E-state index contributed by atoms with van der Waals surface area (Å²) in [6, 6.07) is 11.7. The zero-order valence-corrected chi connectivity index (χ0v) is 23.2. The maximum absolute atomic E-state index is 14.0. The maximum Gasteiger partial charge on any atom is 0.222 e. The van der Waals surface area contributed by atoms with E-state index in [4.69, 9.17) is 0 Å². The van der Waals surface area contributed by atoms with Crippen LogP contribution in [0.25, 0.3) is 0 Å². The summed E-state index contributed by atoms with van der Waals surface area (Å²) in [5, 5.41) is 15.4. The van der Waals surface area contributed by atoms with E-state index in [2.05, 4.69) is 50.4 Å². The first-order chi connectivity index (χ1) is 18.1. The fourth-order valence-electron chi connectivity index (χ4n) is 6.22. The minimum atomic E-state index is -0.882. The molecule has 1 heterocycles. The molecule has 1 saturated heterocycles. The van der Waals surface area contributed by atoms with Gasteiger partial charge in [0.2, 0.25) is 5.91 Å². The van der Waals surface area contributed by atoms with Gasteiger partial charge in [-0.05, 0) is 66.3 Å². The largest absolute Gasteiger partial charge is 0.390 e. The summed E-state index contributed by atoms with van der Waals surface area (Å²) in [5.74, 6) is -1.28. The van der Waals surface area contributed by atoms with Crippen LogP contribution in [-0.4, -0.2) is 41.1 Å². The van der Waals surface area contributed by atoms with Crippen molar-refractivity contribution in [1.82, 2.24) is 10.2 Å². The van der Waals surface area contributed by atoms with Crippen molar-refractivity contribution in [2.75, 3.05) is 13.1 Å². The Labute approximate surface area is 226 Å². The van der Waals surface area contributed by atoms with Gasteiger partial charge in [-0.2, -0.15) is 0 Å². The third-order valence-electron chi connectivity index (χ3n) is 8.46. The topological polar surface area (TPSA) is 52.6 Å². The predicted octanol–water partition coefficient (Wildman–Crippen LogP) is 6.39. The van der Waals surface area contributed by atoms with Crippen LogP contribution in [0.15, 0.2) is 42.5 Å². The first-order valence-electron chi connectivity index (χ1n) is 14.4. The molecule has 1 amide bonds. The highest BCUT2D eigenvalue weighted by molar-refractivity contribution is 5.76. The van der Waals surface area contributed by atoms with E-state index in [1.165, 1.54) is 29.7 Å². The molecule has 0 spiro atoms. The molecule has 1 aliphatic heterocycles.